The van der Waals surface area contributed by atoms with E-state index in [1.54, 1.807) is 0 Å². The molecule has 78 valence electrons. The number of halogens is 1. The molecule has 1 aliphatic heterocycles. The maximum Gasteiger partial charge on any atom is 0.134 e. The Hall–Kier alpha value is -0.570. The first-order valence-corrected chi connectivity index (χ1v) is 4.78. The zero-order chi connectivity index (χ0) is 9.10. The second-order valence-corrected chi connectivity index (χ2v) is 3.42. The lowest BCUT2D eigenvalue weighted by Crippen LogP contribution is -2.31. The third kappa shape index (κ3) is 2.47. The summed E-state index contributed by atoms with van der Waals surface area (Å²) in [5, 5.41) is 3.35. The van der Waals surface area contributed by atoms with Crippen LogP contribution in [0.5, 0.6) is 0 Å². The number of nitrogens with one attached hydrogen (secondary N) is 1. The Labute approximate surface area is 91.1 Å². The van der Waals surface area contributed by atoms with Gasteiger partial charge in [-0.05, 0) is 24.5 Å². The van der Waals surface area contributed by atoms with E-state index in [1.165, 1.54) is 11.1 Å². The number of hydrogen-bond acceptors (Lipinski definition) is 2. The minimum absolute atomic E-state index is 0. The molecule has 0 aromatic heterocycles. The van der Waals surface area contributed by atoms with E-state index < -0.39 is 0 Å². The highest BCUT2D eigenvalue weighted by Crippen LogP contribution is 2.20. The van der Waals surface area contributed by atoms with Crippen molar-refractivity contribution in [3.63, 3.8) is 0 Å². The summed E-state index contributed by atoms with van der Waals surface area (Å²) in [4.78, 5) is 0. The van der Waals surface area contributed by atoms with E-state index in [-0.39, 0.29) is 18.6 Å². The monoisotopic (exact) mass is 213 g/mol. The van der Waals surface area contributed by atoms with Gasteiger partial charge in [0.15, 0.2) is 0 Å². The molecule has 1 aromatic rings. The van der Waals surface area contributed by atoms with Crippen LogP contribution in [0.1, 0.15) is 23.8 Å². The third-order valence-electron chi connectivity index (χ3n) is 2.41. The summed E-state index contributed by atoms with van der Waals surface area (Å²) in [6.45, 7) is 4.04. The van der Waals surface area contributed by atoms with Gasteiger partial charge >= 0.3 is 0 Å². The lowest BCUT2D eigenvalue weighted by Gasteiger charge is -2.25. The van der Waals surface area contributed by atoms with Crippen molar-refractivity contribution >= 4 is 12.4 Å². The first kappa shape index (κ1) is 11.5. The van der Waals surface area contributed by atoms with E-state index in [1.807, 2.05) is 0 Å². The van der Waals surface area contributed by atoms with Crippen molar-refractivity contribution in [3.8, 4) is 0 Å². The van der Waals surface area contributed by atoms with Crippen molar-refractivity contribution in [1.82, 2.24) is 5.32 Å². The SMILES string of the molecule is Cc1ccccc1C1NCCCO1.Cl. The Morgan fingerprint density at radius 1 is 1.36 bits per heavy atom. The zero-order valence-electron chi connectivity index (χ0n) is 8.32. The van der Waals surface area contributed by atoms with Crippen molar-refractivity contribution in [2.45, 2.75) is 19.6 Å². The maximum atomic E-state index is 5.63. The molecular formula is C11H16ClNO. The summed E-state index contributed by atoms with van der Waals surface area (Å²) in [6.07, 6.45) is 1.22. The molecule has 0 amide bonds. The van der Waals surface area contributed by atoms with E-state index in [4.69, 9.17) is 4.74 Å². The largest absolute Gasteiger partial charge is 0.359 e. The fourth-order valence-corrected chi connectivity index (χ4v) is 1.65. The lowest BCUT2D eigenvalue weighted by atomic mass is 10.1. The van der Waals surface area contributed by atoms with Gasteiger partial charge in [0, 0.05) is 6.54 Å². The Kier molecular flexibility index (Phi) is 4.39. The molecule has 1 atom stereocenters. The number of benzene rings is 1. The molecular weight excluding hydrogens is 198 g/mol. The summed E-state index contributed by atoms with van der Waals surface area (Å²) in [7, 11) is 0. The van der Waals surface area contributed by atoms with Gasteiger partial charge in [-0.2, -0.15) is 0 Å². The lowest BCUT2D eigenvalue weighted by molar-refractivity contribution is -0.000679. The molecule has 1 N–H and O–H groups in total. The molecule has 0 spiro atoms. The van der Waals surface area contributed by atoms with E-state index in [0.717, 1.165) is 19.6 Å². The van der Waals surface area contributed by atoms with Crippen LogP contribution in [0.15, 0.2) is 24.3 Å². The number of rotatable bonds is 1. The van der Waals surface area contributed by atoms with E-state index in [9.17, 15) is 0 Å². The smallest absolute Gasteiger partial charge is 0.134 e. The second-order valence-electron chi connectivity index (χ2n) is 3.42. The fraction of sp³-hybridized carbons (Fsp3) is 0.455. The van der Waals surface area contributed by atoms with Crippen molar-refractivity contribution < 1.29 is 4.74 Å². The fourth-order valence-electron chi connectivity index (χ4n) is 1.65. The minimum Gasteiger partial charge on any atom is -0.359 e. The predicted molar refractivity (Wildman–Crippen MR) is 59.7 cm³/mol. The van der Waals surface area contributed by atoms with Crippen molar-refractivity contribution in [2.75, 3.05) is 13.2 Å². The van der Waals surface area contributed by atoms with Gasteiger partial charge in [0.1, 0.15) is 6.23 Å². The van der Waals surface area contributed by atoms with E-state index in [2.05, 4.69) is 36.5 Å². The van der Waals surface area contributed by atoms with Gasteiger partial charge in [0.2, 0.25) is 0 Å². The van der Waals surface area contributed by atoms with E-state index >= 15 is 0 Å². The highest BCUT2D eigenvalue weighted by atomic mass is 35.5. The molecule has 0 saturated carbocycles. The van der Waals surface area contributed by atoms with Crippen molar-refractivity contribution in [1.29, 1.82) is 0 Å². The Bertz CT molecular complexity index is 284. The molecule has 1 heterocycles. The highest BCUT2D eigenvalue weighted by Gasteiger charge is 2.15. The molecule has 0 aliphatic carbocycles. The summed E-state index contributed by atoms with van der Waals surface area (Å²) in [5.41, 5.74) is 2.56. The van der Waals surface area contributed by atoms with Gasteiger partial charge in [0.05, 0.1) is 6.61 Å². The van der Waals surface area contributed by atoms with Crippen LogP contribution in [-0.2, 0) is 4.74 Å². The summed E-state index contributed by atoms with van der Waals surface area (Å²) >= 11 is 0. The van der Waals surface area contributed by atoms with Gasteiger partial charge < -0.3 is 4.74 Å². The standard InChI is InChI=1S/C11H15NO.ClH/c1-9-5-2-3-6-10(9)11-12-7-4-8-13-11;/h2-3,5-6,11-12H,4,7-8H2,1H3;1H. The Morgan fingerprint density at radius 2 is 2.14 bits per heavy atom. The second kappa shape index (κ2) is 5.35. The molecule has 1 fully saturated rings. The summed E-state index contributed by atoms with van der Waals surface area (Å²) < 4.78 is 5.63. The molecule has 3 heteroatoms. The predicted octanol–water partition coefficient (Wildman–Crippen LogP) is 2.43. The molecule has 14 heavy (non-hydrogen) atoms. The van der Waals surface area contributed by atoms with Crippen molar-refractivity contribution in [3.05, 3.63) is 35.4 Å². The molecule has 1 saturated heterocycles. The van der Waals surface area contributed by atoms with Gasteiger partial charge in [-0.25, -0.2) is 0 Å². The number of aryl methyl sites for hydroxylation is 1. The molecule has 0 bridgehead atoms. The minimum atomic E-state index is 0. The van der Waals surface area contributed by atoms with Crippen LogP contribution in [0, 0.1) is 6.92 Å². The van der Waals surface area contributed by atoms with Crippen LogP contribution < -0.4 is 5.32 Å². The number of hydrogen-bond donors (Lipinski definition) is 1. The van der Waals surface area contributed by atoms with Gasteiger partial charge in [-0.15, -0.1) is 12.4 Å². The molecule has 2 nitrogen and oxygen atoms in total. The van der Waals surface area contributed by atoms with Gasteiger partial charge in [0.25, 0.3) is 0 Å². The topological polar surface area (TPSA) is 21.3 Å². The quantitative estimate of drug-likeness (QED) is 0.774. The third-order valence-corrected chi connectivity index (χ3v) is 2.41. The van der Waals surface area contributed by atoms with E-state index in [0.29, 0.717) is 0 Å². The molecule has 1 aliphatic rings. The van der Waals surface area contributed by atoms with Crippen molar-refractivity contribution in [2.24, 2.45) is 0 Å². The van der Waals surface area contributed by atoms with Gasteiger partial charge in [-0.1, -0.05) is 24.3 Å². The van der Waals surface area contributed by atoms with Crippen LogP contribution in [-0.4, -0.2) is 13.2 Å². The molecule has 1 unspecified atom stereocenters. The summed E-state index contributed by atoms with van der Waals surface area (Å²) in [6, 6.07) is 8.36. The average Bonchev–Trinajstić information content (AvgIpc) is 2.20. The first-order valence-electron chi connectivity index (χ1n) is 4.78. The average molecular weight is 214 g/mol. The van der Waals surface area contributed by atoms with Crippen LogP contribution in [0.3, 0.4) is 0 Å². The summed E-state index contributed by atoms with van der Waals surface area (Å²) in [5.74, 6) is 0. The van der Waals surface area contributed by atoms with Crippen LogP contribution in [0.4, 0.5) is 0 Å². The normalized spacial score (nSPS) is 21.4. The highest BCUT2D eigenvalue weighted by molar-refractivity contribution is 5.85. The van der Waals surface area contributed by atoms with Crippen LogP contribution in [0.25, 0.3) is 0 Å². The first-order chi connectivity index (χ1) is 6.38. The Balaban J connectivity index is 0.000000980. The van der Waals surface area contributed by atoms with Crippen LogP contribution >= 0.6 is 12.4 Å². The molecule has 2 rings (SSSR count). The van der Waals surface area contributed by atoms with Gasteiger partial charge in [-0.3, -0.25) is 5.32 Å². The van der Waals surface area contributed by atoms with Crippen LogP contribution in [0.2, 0.25) is 0 Å². The Morgan fingerprint density at radius 3 is 2.79 bits per heavy atom. The molecule has 0 radical (unpaired) electrons. The number of ether oxygens (including phenoxy) is 1. The maximum absolute atomic E-state index is 5.63. The molecule has 1 aromatic carbocycles. The zero-order valence-corrected chi connectivity index (χ0v) is 9.14.